The summed E-state index contributed by atoms with van der Waals surface area (Å²) in [7, 11) is 0. The minimum atomic E-state index is 0.271. The van der Waals surface area contributed by atoms with Crippen LogP contribution in [0.4, 0.5) is 5.69 Å². The standard InChI is InChI=1S/C14H13N3O/c15-12-5-2-6-17-13(12)9-16-14(17)8-10-3-1-4-11(18)7-10/h1-7,9,18H,8,15H2. The summed E-state index contributed by atoms with van der Waals surface area (Å²) < 4.78 is 1.97. The van der Waals surface area contributed by atoms with Crippen molar-refractivity contribution in [2.45, 2.75) is 6.42 Å². The van der Waals surface area contributed by atoms with Crippen molar-refractivity contribution >= 4 is 11.2 Å². The van der Waals surface area contributed by atoms with Crippen LogP contribution in [0, 0.1) is 0 Å². The predicted octanol–water partition coefficient (Wildman–Crippen LogP) is 2.21. The number of aromatic hydroxyl groups is 1. The number of aromatic nitrogens is 2. The molecular weight excluding hydrogens is 226 g/mol. The minimum Gasteiger partial charge on any atom is -0.508 e. The van der Waals surface area contributed by atoms with Crippen LogP contribution < -0.4 is 5.73 Å². The topological polar surface area (TPSA) is 63.5 Å². The highest BCUT2D eigenvalue weighted by molar-refractivity contribution is 5.68. The van der Waals surface area contributed by atoms with Crippen LogP contribution in [0.5, 0.6) is 5.75 Å². The van der Waals surface area contributed by atoms with Gasteiger partial charge in [0.15, 0.2) is 0 Å². The number of nitrogens with two attached hydrogens (primary N) is 1. The molecule has 0 fully saturated rings. The average Bonchev–Trinajstić information content (AvgIpc) is 2.74. The maximum absolute atomic E-state index is 9.45. The monoisotopic (exact) mass is 239 g/mol. The zero-order valence-corrected chi connectivity index (χ0v) is 9.74. The van der Waals surface area contributed by atoms with Crippen LogP contribution >= 0.6 is 0 Å². The van der Waals surface area contributed by atoms with Crippen LogP contribution in [0.3, 0.4) is 0 Å². The van der Waals surface area contributed by atoms with E-state index >= 15 is 0 Å². The van der Waals surface area contributed by atoms with Gasteiger partial charge in [-0.05, 0) is 29.8 Å². The number of benzene rings is 1. The molecule has 18 heavy (non-hydrogen) atoms. The molecule has 2 heterocycles. The second kappa shape index (κ2) is 4.07. The smallest absolute Gasteiger partial charge is 0.117 e. The highest BCUT2D eigenvalue weighted by Crippen LogP contribution is 2.18. The lowest BCUT2D eigenvalue weighted by molar-refractivity contribution is 0.474. The first-order chi connectivity index (χ1) is 8.74. The number of hydrogen-bond donors (Lipinski definition) is 2. The van der Waals surface area contributed by atoms with Gasteiger partial charge in [-0.1, -0.05) is 12.1 Å². The number of hydrogen-bond acceptors (Lipinski definition) is 3. The molecule has 0 saturated heterocycles. The van der Waals surface area contributed by atoms with E-state index < -0.39 is 0 Å². The van der Waals surface area contributed by atoms with Crippen molar-refractivity contribution in [2.75, 3.05) is 5.73 Å². The number of phenolic OH excluding ortho intramolecular Hbond substituents is 1. The number of anilines is 1. The molecule has 0 radical (unpaired) electrons. The third-order valence-corrected chi connectivity index (χ3v) is 2.95. The molecule has 0 aliphatic heterocycles. The van der Waals surface area contributed by atoms with Crippen LogP contribution in [0.2, 0.25) is 0 Å². The molecule has 0 aliphatic carbocycles. The van der Waals surface area contributed by atoms with Gasteiger partial charge in [0.05, 0.1) is 17.4 Å². The maximum Gasteiger partial charge on any atom is 0.117 e. The molecule has 0 spiro atoms. The van der Waals surface area contributed by atoms with Gasteiger partial charge in [0, 0.05) is 12.6 Å². The number of rotatable bonds is 2. The molecule has 2 aromatic heterocycles. The molecule has 0 amide bonds. The summed E-state index contributed by atoms with van der Waals surface area (Å²) in [5, 5.41) is 9.45. The summed E-state index contributed by atoms with van der Waals surface area (Å²) >= 11 is 0. The molecule has 90 valence electrons. The first-order valence-electron chi connectivity index (χ1n) is 5.72. The van der Waals surface area contributed by atoms with E-state index in [4.69, 9.17) is 5.73 Å². The van der Waals surface area contributed by atoms with Gasteiger partial charge in [-0.2, -0.15) is 0 Å². The van der Waals surface area contributed by atoms with Gasteiger partial charge in [0.1, 0.15) is 11.6 Å². The van der Waals surface area contributed by atoms with Crippen LogP contribution in [-0.2, 0) is 6.42 Å². The van der Waals surface area contributed by atoms with Gasteiger partial charge < -0.3 is 15.2 Å². The van der Waals surface area contributed by atoms with Crippen molar-refractivity contribution in [3.8, 4) is 5.75 Å². The van der Waals surface area contributed by atoms with E-state index in [9.17, 15) is 5.11 Å². The Balaban J connectivity index is 2.03. The van der Waals surface area contributed by atoms with Crippen LogP contribution in [0.15, 0.2) is 48.8 Å². The fourth-order valence-corrected chi connectivity index (χ4v) is 2.08. The Morgan fingerprint density at radius 3 is 2.94 bits per heavy atom. The number of fused-ring (bicyclic) bond motifs is 1. The highest BCUT2D eigenvalue weighted by atomic mass is 16.3. The highest BCUT2D eigenvalue weighted by Gasteiger charge is 2.06. The zero-order chi connectivity index (χ0) is 12.5. The van der Waals surface area contributed by atoms with E-state index in [2.05, 4.69) is 4.98 Å². The van der Waals surface area contributed by atoms with Gasteiger partial charge >= 0.3 is 0 Å². The van der Waals surface area contributed by atoms with Crippen LogP contribution in [0.1, 0.15) is 11.4 Å². The van der Waals surface area contributed by atoms with Gasteiger partial charge in [-0.3, -0.25) is 0 Å². The Kier molecular flexibility index (Phi) is 2.41. The van der Waals surface area contributed by atoms with E-state index in [0.29, 0.717) is 12.1 Å². The van der Waals surface area contributed by atoms with E-state index in [1.165, 1.54) is 0 Å². The second-order valence-electron chi connectivity index (χ2n) is 4.24. The first kappa shape index (κ1) is 10.7. The molecule has 0 atom stereocenters. The summed E-state index contributed by atoms with van der Waals surface area (Å²) in [4.78, 5) is 4.38. The number of nitrogens with zero attached hydrogens (tertiary/aromatic N) is 2. The van der Waals surface area contributed by atoms with Crippen molar-refractivity contribution < 1.29 is 5.11 Å². The third kappa shape index (κ3) is 1.78. The normalized spacial score (nSPS) is 10.9. The Morgan fingerprint density at radius 2 is 2.11 bits per heavy atom. The fourth-order valence-electron chi connectivity index (χ4n) is 2.08. The predicted molar refractivity (Wildman–Crippen MR) is 70.5 cm³/mol. The Labute approximate surface area is 104 Å². The van der Waals surface area contributed by atoms with Crippen molar-refractivity contribution in [3.63, 3.8) is 0 Å². The lowest BCUT2D eigenvalue weighted by Crippen LogP contribution is -1.97. The molecule has 4 nitrogen and oxygen atoms in total. The SMILES string of the molecule is Nc1cccn2c(Cc3cccc(O)c3)ncc12. The van der Waals surface area contributed by atoms with Gasteiger partial charge in [0.2, 0.25) is 0 Å². The summed E-state index contributed by atoms with van der Waals surface area (Å²) in [5.41, 5.74) is 8.53. The molecule has 0 aliphatic rings. The molecule has 4 heteroatoms. The van der Waals surface area contributed by atoms with Crippen LogP contribution in [-0.4, -0.2) is 14.5 Å². The number of imidazole rings is 1. The summed E-state index contributed by atoms with van der Waals surface area (Å²) in [5.74, 6) is 1.18. The molecule has 3 aromatic rings. The van der Waals surface area contributed by atoms with E-state index in [1.807, 2.05) is 34.9 Å². The lowest BCUT2D eigenvalue weighted by atomic mass is 10.1. The van der Waals surface area contributed by atoms with E-state index in [0.717, 1.165) is 16.9 Å². The Hall–Kier alpha value is -2.49. The third-order valence-electron chi connectivity index (χ3n) is 2.95. The Bertz CT molecular complexity index is 703. The number of pyridine rings is 1. The van der Waals surface area contributed by atoms with Crippen molar-refractivity contribution in [1.29, 1.82) is 0 Å². The molecular formula is C14H13N3O. The lowest BCUT2D eigenvalue weighted by Gasteiger charge is -2.03. The second-order valence-corrected chi connectivity index (χ2v) is 4.24. The molecule has 3 N–H and O–H groups in total. The first-order valence-corrected chi connectivity index (χ1v) is 5.72. The van der Waals surface area contributed by atoms with E-state index in [1.54, 1.807) is 18.3 Å². The summed E-state index contributed by atoms with van der Waals surface area (Å²) in [6.07, 6.45) is 4.37. The van der Waals surface area contributed by atoms with E-state index in [-0.39, 0.29) is 5.75 Å². The van der Waals surface area contributed by atoms with Crippen LogP contribution in [0.25, 0.3) is 5.52 Å². The fraction of sp³-hybridized carbons (Fsp3) is 0.0714. The molecule has 1 aromatic carbocycles. The quantitative estimate of drug-likeness (QED) is 0.720. The molecule has 0 saturated carbocycles. The Morgan fingerprint density at radius 1 is 1.22 bits per heavy atom. The van der Waals surface area contributed by atoms with Gasteiger partial charge in [-0.25, -0.2) is 4.98 Å². The number of nitrogen functional groups attached to an aromatic ring is 1. The van der Waals surface area contributed by atoms with Crippen molar-refractivity contribution in [3.05, 3.63) is 60.2 Å². The minimum absolute atomic E-state index is 0.271. The van der Waals surface area contributed by atoms with Crippen molar-refractivity contribution in [2.24, 2.45) is 0 Å². The van der Waals surface area contributed by atoms with Gasteiger partial charge in [0.25, 0.3) is 0 Å². The molecule has 3 rings (SSSR count). The maximum atomic E-state index is 9.45. The molecule has 0 bridgehead atoms. The zero-order valence-electron chi connectivity index (χ0n) is 9.74. The summed E-state index contributed by atoms with van der Waals surface area (Å²) in [6.45, 7) is 0. The average molecular weight is 239 g/mol. The largest absolute Gasteiger partial charge is 0.508 e. The summed E-state index contributed by atoms with van der Waals surface area (Å²) in [6, 6.07) is 10.9. The number of phenols is 1. The molecule has 0 unspecified atom stereocenters. The van der Waals surface area contributed by atoms with Gasteiger partial charge in [-0.15, -0.1) is 0 Å². The van der Waals surface area contributed by atoms with Crippen molar-refractivity contribution in [1.82, 2.24) is 9.38 Å².